The largest absolute Gasteiger partial charge is 0.481 e. The van der Waals surface area contributed by atoms with Crippen molar-refractivity contribution < 1.29 is 9.90 Å². The van der Waals surface area contributed by atoms with E-state index in [4.69, 9.17) is 5.11 Å². The third-order valence-corrected chi connectivity index (χ3v) is 3.68. The minimum atomic E-state index is -0.714. The van der Waals surface area contributed by atoms with E-state index in [1.165, 1.54) is 0 Å². The summed E-state index contributed by atoms with van der Waals surface area (Å²) in [7, 11) is 0. The number of carbonyl (C=O) groups is 1. The highest BCUT2D eigenvalue weighted by molar-refractivity contribution is 9.10. The van der Waals surface area contributed by atoms with Gasteiger partial charge >= 0.3 is 5.97 Å². The van der Waals surface area contributed by atoms with E-state index in [0.29, 0.717) is 31.9 Å². The summed E-state index contributed by atoms with van der Waals surface area (Å²) in [5.74, 6) is -0.0467. The number of hydrogen-bond acceptors (Lipinski definition) is 4. The summed E-state index contributed by atoms with van der Waals surface area (Å²) in [5, 5.41) is 9.13. The van der Waals surface area contributed by atoms with Gasteiger partial charge in [-0.25, -0.2) is 9.97 Å². The first kappa shape index (κ1) is 12.3. The third kappa shape index (κ3) is 2.57. The number of carboxylic acid groups (broad SMARTS) is 1. The zero-order chi connectivity index (χ0) is 12.5. The fourth-order valence-corrected chi connectivity index (χ4v) is 2.09. The van der Waals surface area contributed by atoms with Crippen LogP contribution in [0.15, 0.2) is 16.9 Å². The third-order valence-electron chi connectivity index (χ3n) is 3.27. The summed E-state index contributed by atoms with van der Waals surface area (Å²) < 4.78 is 0.841. The SMILES string of the molecule is CC1(C(=O)O)CCN(c2ncc(Br)cn2)CC1. The molecule has 0 atom stereocenters. The maximum Gasteiger partial charge on any atom is 0.309 e. The van der Waals surface area contributed by atoms with Gasteiger partial charge in [0.25, 0.3) is 0 Å². The molecule has 1 aromatic rings. The van der Waals surface area contributed by atoms with Gasteiger partial charge in [-0.2, -0.15) is 0 Å². The van der Waals surface area contributed by atoms with Gasteiger partial charge in [0, 0.05) is 25.5 Å². The van der Waals surface area contributed by atoms with Crippen molar-refractivity contribution in [2.75, 3.05) is 18.0 Å². The standard InChI is InChI=1S/C11H14BrN3O2/c1-11(9(16)17)2-4-15(5-3-11)10-13-6-8(12)7-14-10/h6-7H,2-5H2,1H3,(H,16,17). The molecule has 0 radical (unpaired) electrons. The molecule has 1 aliphatic heterocycles. The normalized spacial score (nSPS) is 19.1. The molecular weight excluding hydrogens is 286 g/mol. The van der Waals surface area contributed by atoms with Gasteiger partial charge in [0.15, 0.2) is 0 Å². The molecule has 0 aliphatic carbocycles. The Morgan fingerprint density at radius 2 is 1.94 bits per heavy atom. The molecule has 2 heterocycles. The molecule has 0 amide bonds. The Bertz CT molecular complexity index is 413. The first-order valence-corrected chi connectivity index (χ1v) is 6.26. The van der Waals surface area contributed by atoms with E-state index in [9.17, 15) is 4.79 Å². The maximum atomic E-state index is 11.1. The van der Waals surface area contributed by atoms with Crippen molar-refractivity contribution >= 4 is 27.8 Å². The van der Waals surface area contributed by atoms with E-state index < -0.39 is 11.4 Å². The molecule has 0 unspecified atom stereocenters. The minimum absolute atomic E-state index is 0.605. The Kier molecular flexibility index (Phi) is 3.33. The number of halogens is 1. The van der Waals surface area contributed by atoms with Crippen LogP contribution in [0.2, 0.25) is 0 Å². The number of carboxylic acids is 1. The first-order valence-electron chi connectivity index (χ1n) is 5.47. The average molecular weight is 300 g/mol. The van der Waals surface area contributed by atoms with E-state index >= 15 is 0 Å². The predicted octanol–water partition coefficient (Wildman–Crippen LogP) is 1.93. The predicted molar refractivity (Wildman–Crippen MR) is 66.9 cm³/mol. The van der Waals surface area contributed by atoms with Crippen LogP contribution in [0.4, 0.5) is 5.95 Å². The summed E-state index contributed by atoms with van der Waals surface area (Å²) >= 11 is 3.29. The molecular formula is C11H14BrN3O2. The van der Waals surface area contributed by atoms with Crippen LogP contribution in [0.3, 0.4) is 0 Å². The molecule has 17 heavy (non-hydrogen) atoms. The second-order valence-corrected chi connectivity index (χ2v) is 5.47. The molecule has 6 heteroatoms. The van der Waals surface area contributed by atoms with Gasteiger partial charge in [0.2, 0.25) is 5.95 Å². The Labute approximate surface area is 108 Å². The molecule has 92 valence electrons. The zero-order valence-electron chi connectivity index (χ0n) is 9.56. The number of aliphatic carboxylic acids is 1. The highest BCUT2D eigenvalue weighted by Gasteiger charge is 2.37. The van der Waals surface area contributed by atoms with Gasteiger partial charge in [-0.15, -0.1) is 0 Å². The number of hydrogen-bond donors (Lipinski definition) is 1. The van der Waals surface area contributed by atoms with Gasteiger partial charge < -0.3 is 10.0 Å². The summed E-state index contributed by atoms with van der Waals surface area (Å²) in [6.45, 7) is 3.17. The second kappa shape index (κ2) is 4.60. The molecule has 0 spiro atoms. The van der Waals surface area contributed by atoms with Crippen LogP contribution >= 0.6 is 15.9 Å². The topological polar surface area (TPSA) is 66.3 Å². The maximum absolute atomic E-state index is 11.1. The van der Waals surface area contributed by atoms with Gasteiger partial charge in [-0.3, -0.25) is 4.79 Å². The van der Waals surface area contributed by atoms with Gasteiger partial charge in [0.1, 0.15) is 0 Å². The monoisotopic (exact) mass is 299 g/mol. The lowest BCUT2D eigenvalue weighted by atomic mass is 9.80. The van der Waals surface area contributed by atoms with Crippen molar-refractivity contribution in [2.45, 2.75) is 19.8 Å². The summed E-state index contributed by atoms with van der Waals surface area (Å²) in [6, 6.07) is 0. The number of nitrogens with zero attached hydrogens (tertiary/aromatic N) is 3. The van der Waals surface area contributed by atoms with Gasteiger partial charge in [0.05, 0.1) is 9.89 Å². The fourth-order valence-electron chi connectivity index (χ4n) is 1.88. The lowest BCUT2D eigenvalue weighted by molar-refractivity contribution is -0.149. The van der Waals surface area contributed by atoms with Crippen LogP contribution in [0.1, 0.15) is 19.8 Å². The Hall–Kier alpha value is -1.17. The Morgan fingerprint density at radius 3 is 2.41 bits per heavy atom. The van der Waals surface area contributed by atoms with Crippen LogP contribution in [0.25, 0.3) is 0 Å². The van der Waals surface area contributed by atoms with E-state index in [2.05, 4.69) is 25.9 Å². The molecule has 1 aliphatic rings. The molecule has 1 fully saturated rings. The molecule has 1 saturated heterocycles. The minimum Gasteiger partial charge on any atom is -0.481 e. The number of rotatable bonds is 2. The first-order chi connectivity index (χ1) is 8.01. The smallest absolute Gasteiger partial charge is 0.309 e. The van der Waals surface area contributed by atoms with Crippen molar-refractivity contribution in [3.63, 3.8) is 0 Å². The zero-order valence-corrected chi connectivity index (χ0v) is 11.1. The molecule has 2 rings (SSSR count). The van der Waals surface area contributed by atoms with Crippen LogP contribution in [0, 0.1) is 5.41 Å². The number of piperidine rings is 1. The van der Waals surface area contributed by atoms with Crippen LogP contribution < -0.4 is 4.90 Å². The molecule has 0 aromatic carbocycles. The molecule has 0 saturated carbocycles. The highest BCUT2D eigenvalue weighted by atomic mass is 79.9. The summed E-state index contributed by atoms with van der Waals surface area (Å²) in [5.41, 5.74) is -0.605. The summed E-state index contributed by atoms with van der Waals surface area (Å²) in [4.78, 5) is 21.6. The molecule has 5 nitrogen and oxygen atoms in total. The Morgan fingerprint density at radius 1 is 1.41 bits per heavy atom. The van der Waals surface area contributed by atoms with E-state index in [1.54, 1.807) is 19.3 Å². The van der Waals surface area contributed by atoms with Crippen molar-refractivity contribution in [1.82, 2.24) is 9.97 Å². The van der Waals surface area contributed by atoms with Crippen molar-refractivity contribution in [3.8, 4) is 0 Å². The fraction of sp³-hybridized carbons (Fsp3) is 0.545. The van der Waals surface area contributed by atoms with Gasteiger partial charge in [-0.05, 0) is 35.7 Å². The lowest BCUT2D eigenvalue weighted by Gasteiger charge is -2.36. The van der Waals surface area contributed by atoms with Crippen LogP contribution in [-0.4, -0.2) is 34.1 Å². The Balaban J connectivity index is 2.04. The van der Waals surface area contributed by atoms with E-state index in [1.807, 2.05) is 4.90 Å². The average Bonchev–Trinajstić information content (AvgIpc) is 2.31. The highest BCUT2D eigenvalue weighted by Crippen LogP contribution is 2.32. The summed E-state index contributed by atoms with van der Waals surface area (Å²) in [6.07, 6.45) is 4.66. The lowest BCUT2D eigenvalue weighted by Crippen LogP contribution is -2.43. The van der Waals surface area contributed by atoms with Crippen molar-refractivity contribution in [1.29, 1.82) is 0 Å². The second-order valence-electron chi connectivity index (χ2n) is 4.55. The molecule has 0 bridgehead atoms. The quantitative estimate of drug-likeness (QED) is 0.904. The van der Waals surface area contributed by atoms with Crippen LogP contribution in [-0.2, 0) is 4.79 Å². The van der Waals surface area contributed by atoms with Crippen LogP contribution in [0.5, 0.6) is 0 Å². The molecule has 1 aromatic heterocycles. The van der Waals surface area contributed by atoms with Crippen molar-refractivity contribution in [3.05, 3.63) is 16.9 Å². The van der Waals surface area contributed by atoms with E-state index in [0.717, 1.165) is 4.47 Å². The number of anilines is 1. The van der Waals surface area contributed by atoms with E-state index in [-0.39, 0.29) is 0 Å². The van der Waals surface area contributed by atoms with Crippen molar-refractivity contribution in [2.24, 2.45) is 5.41 Å². The number of aromatic nitrogens is 2. The molecule has 1 N–H and O–H groups in total. The van der Waals surface area contributed by atoms with Gasteiger partial charge in [-0.1, -0.05) is 0 Å².